The van der Waals surface area contributed by atoms with Gasteiger partial charge in [-0.15, -0.1) is 0 Å². The van der Waals surface area contributed by atoms with Crippen molar-refractivity contribution in [3.63, 3.8) is 0 Å². The Morgan fingerprint density at radius 1 is 1.20 bits per heavy atom. The predicted octanol–water partition coefficient (Wildman–Crippen LogP) is 4.92. The van der Waals surface area contributed by atoms with E-state index in [0.717, 1.165) is 32.2 Å². The fourth-order valence-corrected chi connectivity index (χ4v) is 2.93. The second-order valence-electron chi connectivity index (χ2n) is 4.62. The first-order valence-electron chi connectivity index (χ1n) is 6.15. The summed E-state index contributed by atoms with van der Waals surface area (Å²) in [7, 11) is 0. The molecule has 0 saturated heterocycles. The zero-order valence-corrected chi connectivity index (χ0v) is 12.9. The van der Waals surface area contributed by atoms with Crippen LogP contribution in [0.3, 0.4) is 0 Å². The average molecular weight is 349 g/mol. The van der Waals surface area contributed by atoms with Crippen molar-refractivity contribution in [3.8, 4) is 0 Å². The van der Waals surface area contributed by atoms with Crippen molar-refractivity contribution in [2.45, 2.75) is 6.54 Å². The molecule has 2 aromatic carbocycles. The van der Waals surface area contributed by atoms with Gasteiger partial charge in [0.05, 0.1) is 0 Å². The van der Waals surface area contributed by atoms with Crippen LogP contribution in [0.25, 0.3) is 10.9 Å². The highest BCUT2D eigenvalue weighted by Crippen LogP contribution is 2.25. The van der Waals surface area contributed by atoms with Crippen molar-refractivity contribution in [2.75, 3.05) is 0 Å². The summed E-state index contributed by atoms with van der Waals surface area (Å²) in [4.78, 5) is 11.2. The van der Waals surface area contributed by atoms with E-state index < -0.39 is 0 Å². The maximum atomic E-state index is 11.2. The third-order valence-corrected chi connectivity index (χ3v) is 3.97. The van der Waals surface area contributed by atoms with Crippen LogP contribution >= 0.6 is 27.5 Å². The van der Waals surface area contributed by atoms with Crippen LogP contribution in [0.1, 0.15) is 15.9 Å². The van der Waals surface area contributed by atoms with Gasteiger partial charge in [-0.25, -0.2) is 0 Å². The zero-order chi connectivity index (χ0) is 14.1. The summed E-state index contributed by atoms with van der Waals surface area (Å²) < 4.78 is 3.03. The topological polar surface area (TPSA) is 22.0 Å². The maximum absolute atomic E-state index is 11.2. The van der Waals surface area contributed by atoms with Crippen molar-refractivity contribution < 1.29 is 4.79 Å². The molecule has 0 aliphatic rings. The number of nitrogens with zero attached hydrogens (tertiary/aromatic N) is 1. The molecule has 4 heteroatoms. The number of rotatable bonds is 3. The smallest absolute Gasteiger partial charge is 0.152 e. The molecule has 1 heterocycles. The molecule has 0 unspecified atom stereocenters. The summed E-state index contributed by atoms with van der Waals surface area (Å²) in [6.45, 7) is 0.687. The molecule has 1 aromatic heterocycles. The Labute approximate surface area is 130 Å². The molecule has 0 bridgehead atoms. The van der Waals surface area contributed by atoms with Crippen molar-refractivity contribution in [2.24, 2.45) is 0 Å². The number of fused-ring (bicyclic) bond motifs is 1. The van der Waals surface area contributed by atoms with E-state index in [1.165, 1.54) is 0 Å². The normalized spacial score (nSPS) is 10.9. The Balaban J connectivity index is 2.10. The van der Waals surface area contributed by atoms with Crippen LogP contribution in [-0.2, 0) is 6.54 Å². The van der Waals surface area contributed by atoms with Gasteiger partial charge in [0, 0.05) is 38.7 Å². The van der Waals surface area contributed by atoms with Crippen LogP contribution in [0.15, 0.2) is 53.1 Å². The zero-order valence-electron chi connectivity index (χ0n) is 10.5. The minimum Gasteiger partial charge on any atom is -0.342 e. The lowest BCUT2D eigenvalue weighted by atomic mass is 10.2. The number of aldehydes is 1. The van der Waals surface area contributed by atoms with E-state index in [1.54, 1.807) is 0 Å². The second-order valence-corrected chi connectivity index (χ2v) is 5.97. The Bertz CT molecular complexity index is 794. The second kappa shape index (κ2) is 5.43. The minimum absolute atomic E-state index is 0.687. The number of hydrogen-bond acceptors (Lipinski definition) is 1. The van der Waals surface area contributed by atoms with E-state index in [2.05, 4.69) is 20.5 Å². The van der Waals surface area contributed by atoms with Crippen molar-refractivity contribution in [1.29, 1.82) is 0 Å². The van der Waals surface area contributed by atoms with Gasteiger partial charge in [-0.3, -0.25) is 4.79 Å². The molecule has 0 amide bonds. The molecule has 0 N–H and O–H groups in total. The molecule has 100 valence electrons. The lowest BCUT2D eigenvalue weighted by Crippen LogP contribution is -1.97. The monoisotopic (exact) mass is 347 g/mol. The largest absolute Gasteiger partial charge is 0.342 e. The Kier molecular flexibility index (Phi) is 3.64. The summed E-state index contributed by atoms with van der Waals surface area (Å²) in [5, 5.41) is 1.67. The van der Waals surface area contributed by atoms with Gasteiger partial charge in [-0.2, -0.15) is 0 Å². The third-order valence-electron chi connectivity index (χ3n) is 3.24. The van der Waals surface area contributed by atoms with Crippen LogP contribution in [0, 0.1) is 0 Å². The Hall–Kier alpha value is -1.58. The van der Waals surface area contributed by atoms with Gasteiger partial charge in [0.2, 0.25) is 0 Å². The molecule has 0 atom stereocenters. The molecule has 2 nitrogen and oxygen atoms in total. The van der Waals surface area contributed by atoms with Gasteiger partial charge >= 0.3 is 0 Å². The molecular formula is C16H11BrClNO. The Morgan fingerprint density at radius 2 is 2.05 bits per heavy atom. The highest BCUT2D eigenvalue weighted by atomic mass is 79.9. The van der Waals surface area contributed by atoms with E-state index in [4.69, 9.17) is 11.6 Å². The van der Waals surface area contributed by atoms with E-state index in [0.29, 0.717) is 12.1 Å². The SMILES string of the molecule is O=Cc1cn(Cc2cccc(Cl)c2)c2ccc(Br)cc12. The summed E-state index contributed by atoms with van der Waals surface area (Å²) in [6, 6.07) is 13.7. The van der Waals surface area contributed by atoms with E-state index in [1.807, 2.05) is 48.7 Å². The highest BCUT2D eigenvalue weighted by Gasteiger charge is 2.09. The van der Waals surface area contributed by atoms with Gasteiger partial charge in [-0.05, 0) is 35.9 Å². The average Bonchev–Trinajstić information content (AvgIpc) is 2.76. The van der Waals surface area contributed by atoms with Gasteiger partial charge in [0.1, 0.15) is 0 Å². The van der Waals surface area contributed by atoms with Gasteiger partial charge in [0.15, 0.2) is 6.29 Å². The maximum Gasteiger partial charge on any atom is 0.152 e. The lowest BCUT2D eigenvalue weighted by molar-refractivity contribution is 0.112. The number of hydrogen-bond donors (Lipinski definition) is 0. The van der Waals surface area contributed by atoms with Crippen molar-refractivity contribution in [1.82, 2.24) is 4.57 Å². The minimum atomic E-state index is 0.687. The number of halogens is 2. The lowest BCUT2D eigenvalue weighted by Gasteiger charge is -2.06. The first-order valence-corrected chi connectivity index (χ1v) is 7.32. The molecule has 3 rings (SSSR count). The van der Waals surface area contributed by atoms with Crippen LogP contribution < -0.4 is 0 Å². The summed E-state index contributed by atoms with van der Waals surface area (Å²) in [5.41, 5.74) is 2.84. The van der Waals surface area contributed by atoms with Gasteiger partial charge < -0.3 is 4.57 Å². The van der Waals surface area contributed by atoms with Gasteiger partial charge in [-0.1, -0.05) is 39.7 Å². The first-order chi connectivity index (χ1) is 9.67. The van der Waals surface area contributed by atoms with Crippen LogP contribution in [-0.4, -0.2) is 10.9 Å². The molecule has 20 heavy (non-hydrogen) atoms. The highest BCUT2D eigenvalue weighted by molar-refractivity contribution is 9.10. The first kappa shape index (κ1) is 13.4. The molecular weight excluding hydrogens is 338 g/mol. The van der Waals surface area contributed by atoms with Crippen molar-refractivity contribution in [3.05, 3.63) is 69.3 Å². The standard InChI is InChI=1S/C16H11BrClNO/c17-13-4-5-16-15(7-13)12(10-20)9-19(16)8-11-2-1-3-14(18)6-11/h1-7,9-10H,8H2. The fraction of sp³-hybridized carbons (Fsp3) is 0.0625. The van der Waals surface area contributed by atoms with E-state index in [-0.39, 0.29) is 0 Å². The Morgan fingerprint density at radius 3 is 2.80 bits per heavy atom. The summed E-state index contributed by atoms with van der Waals surface area (Å²) in [5.74, 6) is 0. The molecule has 0 saturated carbocycles. The number of carbonyl (C=O) groups is 1. The van der Waals surface area contributed by atoms with Gasteiger partial charge in [0.25, 0.3) is 0 Å². The quantitative estimate of drug-likeness (QED) is 0.616. The molecule has 0 aliphatic heterocycles. The molecule has 0 fully saturated rings. The number of carbonyl (C=O) groups excluding carboxylic acids is 1. The molecule has 0 radical (unpaired) electrons. The number of benzene rings is 2. The van der Waals surface area contributed by atoms with E-state index in [9.17, 15) is 4.79 Å². The molecule has 3 aromatic rings. The van der Waals surface area contributed by atoms with Crippen LogP contribution in [0.5, 0.6) is 0 Å². The molecule has 0 spiro atoms. The summed E-state index contributed by atoms with van der Waals surface area (Å²) in [6.07, 6.45) is 2.77. The summed E-state index contributed by atoms with van der Waals surface area (Å²) >= 11 is 9.45. The third kappa shape index (κ3) is 2.51. The molecule has 0 aliphatic carbocycles. The van der Waals surface area contributed by atoms with Crippen LogP contribution in [0.2, 0.25) is 5.02 Å². The predicted molar refractivity (Wildman–Crippen MR) is 85.6 cm³/mol. The van der Waals surface area contributed by atoms with Crippen LogP contribution in [0.4, 0.5) is 0 Å². The van der Waals surface area contributed by atoms with E-state index >= 15 is 0 Å². The van der Waals surface area contributed by atoms with Crippen molar-refractivity contribution >= 4 is 44.7 Å². The fourth-order valence-electron chi connectivity index (χ4n) is 2.35. The number of aromatic nitrogens is 1.